The molecule has 1 aromatic carbocycles. The highest BCUT2D eigenvalue weighted by Crippen LogP contribution is 2.23. The van der Waals surface area contributed by atoms with Crippen molar-refractivity contribution in [3.63, 3.8) is 0 Å². The molecule has 1 heterocycles. The minimum atomic E-state index is -0.753. The van der Waals surface area contributed by atoms with E-state index in [1.54, 1.807) is 0 Å². The fraction of sp³-hybridized carbons (Fsp3) is 0.462. The summed E-state index contributed by atoms with van der Waals surface area (Å²) in [6.07, 6.45) is 1.29. The smallest absolute Gasteiger partial charge is 0.171 e. The van der Waals surface area contributed by atoms with E-state index in [9.17, 15) is 13.6 Å². The fourth-order valence-electron chi connectivity index (χ4n) is 2.17. The molecule has 0 unspecified atom stereocenters. The number of halogens is 2. The van der Waals surface area contributed by atoms with E-state index in [2.05, 4.69) is 5.32 Å². The van der Waals surface area contributed by atoms with E-state index in [-0.39, 0.29) is 11.5 Å². The van der Waals surface area contributed by atoms with Crippen molar-refractivity contribution in [2.75, 3.05) is 13.1 Å². The molecule has 1 aliphatic rings. The van der Waals surface area contributed by atoms with Crippen LogP contribution in [0.1, 0.15) is 28.8 Å². The number of ketones is 1. The van der Waals surface area contributed by atoms with Crippen LogP contribution in [0.2, 0.25) is 0 Å². The first-order valence-electron chi connectivity index (χ1n) is 5.81. The lowest BCUT2D eigenvalue weighted by Gasteiger charge is -2.22. The number of aryl methyl sites for hydroxylation is 1. The molecule has 0 bridgehead atoms. The maximum absolute atomic E-state index is 13.8. The Morgan fingerprint density at radius 1 is 1.29 bits per heavy atom. The summed E-state index contributed by atoms with van der Waals surface area (Å²) in [6.45, 7) is 2.99. The van der Waals surface area contributed by atoms with Crippen LogP contribution in [0.5, 0.6) is 0 Å². The number of nitrogens with one attached hydrogen (secondary N) is 1. The fourth-order valence-corrected chi connectivity index (χ4v) is 2.17. The summed E-state index contributed by atoms with van der Waals surface area (Å²) in [5.41, 5.74) is -0.0550. The highest BCUT2D eigenvalue weighted by molar-refractivity contribution is 5.98. The maximum atomic E-state index is 13.8. The average molecular weight is 239 g/mol. The number of hydrogen-bond donors (Lipinski definition) is 1. The van der Waals surface area contributed by atoms with E-state index in [1.165, 1.54) is 13.0 Å². The predicted molar refractivity (Wildman–Crippen MR) is 61.0 cm³/mol. The van der Waals surface area contributed by atoms with Crippen LogP contribution in [0.15, 0.2) is 12.1 Å². The Hall–Kier alpha value is -1.29. The van der Waals surface area contributed by atoms with Gasteiger partial charge in [-0.2, -0.15) is 0 Å². The summed E-state index contributed by atoms with van der Waals surface area (Å²) in [5, 5.41) is 3.12. The number of benzene rings is 1. The van der Waals surface area contributed by atoms with Crippen LogP contribution in [0.25, 0.3) is 0 Å². The monoisotopic (exact) mass is 239 g/mol. The van der Waals surface area contributed by atoms with Gasteiger partial charge in [0.15, 0.2) is 5.78 Å². The lowest BCUT2D eigenvalue weighted by molar-refractivity contribution is 0.0886. The molecule has 0 amide bonds. The second-order valence-corrected chi connectivity index (χ2v) is 4.44. The largest absolute Gasteiger partial charge is 0.317 e. The summed E-state index contributed by atoms with van der Waals surface area (Å²) < 4.78 is 27.4. The zero-order valence-corrected chi connectivity index (χ0v) is 9.72. The number of carbonyl (C=O) groups is 1. The molecule has 17 heavy (non-hydrogen) atoms. The van der Waals surface area contributed by atoms with Crippen LogP contribution in [0.4, 0.5) is 8.78 Å². The van der Waals surface area contributed by atoms with Gasteiger partial charge in [-0.25, -0.2) is 8.78 Å². The molecule has 1 fully saturated rings. The molecule has 1 aliphatic heterocycles. The van der Waals surface area contributed by atoms with Crippen LogP contribution in [-0.4, -0.2) is 18.9 Å². The number of hydrogen-bond acceptors (Lipinski definition) is 2. The molecule has 0 radical (unpaired) electrons. The minimum absolute atomic E-state index is 0.262. The Balaban J connectivity index is 2.32. The molecule has 0 saturated carbocycles. The standard InChI is InChI=1S/C13H15F2NO/c1-8-2-3-10(14)11(12(8)15)13(17)9-4-6-16-7-5-9/h2-3,9,16H,4-7H2,1H3. The molecule has 0 atom stereocenters. The molecular formula is C13H15F2NO. The second kappa shape index (κ2) is 4.92. The van der Waals surface area contributed by atoms with Gasteiger partial charge in [0.25, 0.3) is 0 Å². The van der Waals surface area contributed by atoms with Gasteiger partial charge in [-0.05, 0) is 44.5 Å². The molecule has 0 aromatic heterocycles. The van der Waals surface area contributed by atoms with Gasteiger partial charge in [-0.3, -0.25) is 4.79 Å². The van der Waals surface area contributed by atoms with Crippen molar-refractivity contribution in [3.05, 3.63) is 34.9 Å². The molecule has 1 aromatic rings. The SMILES string of the molecule is Cc1ccc(F)c(C(=O)C2CCNCC2)c1F. The van der Waals surface area contributed by atoms with E-state index < -0.39 is 17.4 Å². The first kappa shape index (κ1) is 12.2. The van der Waals surface area contributed by atoms with Gasteiger partial charge in [0, 0.05) is 5.92 Å². The Morgan fingerprint density at radius 2 is 1.94 bits per heavy atom. The van der Waals surface area contributed by atoms with Gasteiger partial charge in [-0.15, -0.1) is 0 Å². The van der Waals surface area contributed by atoms with Gasteiger partial charge in [0.2, 0.25) is 0 Å². The zero-order chi connectivity index (χ0) is 12.4. The van der Waals surface area contributed by atoms with Crippen LogP contribution < -0.4 is 5.32 Å². The minimum Gasteiger partial charge on any atom is -0.317 e. The van der Waals surface area contributed by atoms with Gasteiger partial charge >= 0.3 is 0 Å². The van der Waals surface area contributed by atoms with Crippen molar-refractivity contribution >= 4 is 5.78 Å². The quantitative estimate of drug-likeness (QED) is 0.803. The van der Waals surface area contributed by atoms with E-state index >= 15 is 0 Å². The Labute approximate surface area is 99.0 Å². The van der Waals surface area contributed by atoms with E-state index in [0.29, 0.717) is 18.4 Å². The molecule has 2 rings (SSSR count). The van der Waals surface area contributed by atoms with E-state index in [1.807, 2.05) is 0 Å². The molecule has 0 spiro atoms. The van der Waals surface area contributed by atoms with Crippen molar-refractivity contribution in [1.29, 1.82) is 0 Å². The van der Waals surface area contributed by atoms with Crippen LogP contribution in [0, 0.1) is 24.5 Å². The highest BCUT2D eigenvalue weighted by Gasteiger charge is 2.27. The maximum Gasteiger partial charge on any atom is 0.171 e. The van der Waals surface area contributed by atoms with Crippen molar-refractivity contribution in [2.45, 2.75) is 19.8 Å². The number of Topliss-reactive ketones (excluding diaryl/α,β-unsaturated/α-hetero) is 1. The van der Waals surface area contributed by atoms with Gasteiger partial charge in [0.05, 0.1) is 5.56 Å². The third kappa shape index (κ3) is 2.36. The predicted octanol–water partition coefficient (Wildman–Crippen LogP) is 2.46. The summed E-state index contributed by atoms with van der Waals surface area (Å²) in [5.74, 6) is -2.13. The first-order chi connectivity index (χ1) is 8.11. The lowest BCUT2D eigenvalue weighted by Crippen LogP contribution is -2.32. The molecule has 92 valence electrons. The van der Waals surface area contributed by atoms with Crippen molar-refractivity contribution in [1.82, 2.24) is 5.32 Å². The average Bonchev–Trinajstić information content (AvgIpc) is 2.35. The van der Waals surface area contributed by atoms with Crippen LogP contribution in [-0.2, 0) is 0 Å². The van der Waals surface area contributed by atoms with E-state index in [4.69, 9.17) is 0 Å². The number of carbonyl (C=O) groups excluding carboxylic acids is 1. The summed E-state index contributed by atoms with van der Waals surface area (Å²) >= 11 is 0. The zero-order valence-electron chi connectivity index (χ0n) is 9.72. The van der Waals surface area contributed by atoms with Crippen LogP contribution >= 0.6 is 0 Å². The molecule has 1 N–H and O–H groups in total. The molecule has 2 nitrogen and oxygen atoms in total. The number of piperidine rings is 1. The summed E-state index contributed by atoms with van der Waals surface area (Å²) in [6, 6.07) is 2.51. The molecule has 4 heteroatoms. The molecule has 0 aliphatic carbocycles. The first-order valence-corrected chi connectivity index (χ1v) is 5.81. The highest BCUT2D eigenvalue weighted by atomic mass is 19.1. The van der Waals surface area contributed by atoms with Crippen LogP contribution in [0.3, 0.4) is 0 Å². The van der Waals surface area contributed by atoms with Crippen molar-refractivity contribution in [3.8, 4) is 0 Å². The Morgan fingerprint density at radius 3 is 2.59 bits per heavy atom. The third-order valence-corrected chi connectivity index (χ3v) is 3.24. The second-order valence-electron chi connectivity index (χ2n) is 4.44. The lowest BCUT2D eigenvalue weighted by atomic mass is 9.88. The Kier molecular flexibility index (Phi) is 3.52. The number of rotatable bonds is 2. The van der Waals surface area contributed by atoms with Gasteiger partial charge < -0.3 is 5.32 Å². The van der Waals surface area contributed by atoms with Crippen molar-refractivity contribution < 1.29 is 13.6 Å². The van der Waals surface area contributed by atoms with Gasteiger partial charge in [0.1, 0.15) is 11.6 Å². The van der Waals surface area contributed by atoms with Gasteiger partial charge in [-0.1, -0.05) is 6.07 Å². The molecule has 1 saturated heterocycles. The third-order valence-electron chi connectivity index (χ3n) is 3.24. The Bertz CT molecular complexity index is 439. The summed E-state index contributed by atoms with van der Waals surface area (Å²) in [7, 11) is 0. The molecular weight excluding hydrogens is 224 g/mol. The topological polar surface area (TPSA) is 29.1 Å². The van der Waals surface area contributed by atoms with E-state index in [0.717, 1.165) is 19.2 Å². The normalized spacial score (nSPS) is 17.1. The van der Waals surface area contributed by atoms with Crippen molar-refractivity contribution in [2.24, 2.45) is 5.92 Å². The summed E-state index contributed by atoms with van der Waals surface area (Å²) in [4.78, 5) is 12.1.